The Morgan fingerprint density at radius 3 is 2.24 bits per heavy atom. The third kappa shape index (κ3) is 5.44. The van der Waals surface area contributed by atoms with Crippen LogP contribution in [0.25, 0.3) is 0 Å². The summed E-state index contributed by atoms with van der Waals surface area (Å²) in [7, 11) is -1.92. The lowest BCUT2D eigenvalue weighted by Gasteiger charge is -2.43. The van der Waals surface area contributed by atoms with Gasteiger partial charge in [0.1, 0.15) is 23.8 Å². The molecule has 160 valence electrons. The first-order valence-electron chi connectivity index (χ1n) is 10.3. The Bertz CT molecular complexity index is 739. The molecule has 2 aliphatic rings. The summed E-state index contributed by atoms with van der Waals surface area (Å²) in [5.41, 5.74) is -0.276. The number of hydrogen-bond donors (Lipinski definition) is 0. The summed E-state index contributed by atoms with van der Waals surface area (Å²) in [6.45, 7) is 12.4. The minimum Gasteiger partial charge on any atom is -0.414 e. The van der Waals surface area contributed by atoms with Crippen LogP contribution in [0.15, 0.2) is 42.5 Å². The lowest BCUT2D eigenvalue weighted by molar-refractivity contribution is -0.184. The monoisotopic (exact) mass is 418 g/mol. The van der Waals surface area contributed by atoms with Gasteiger partial charge in [-0.05, 0) is 23.7 Å². The fourth-order valence-electron chi connectivity index (χ4n) is 3.48. The van der Waals surface area contributed by atoms with E-state index in [-0.39, 0.29) is 17.6 Å². The lowest BCUT2D eigenvalue weighted by Crippen LogP contribution is -2.52. The topological polar surface area (TPSA) is 54.0 Å². The molecule has 0 aliphatic carbocycles. The summed E-state index contributed by atoms with van der Waals surface area (Å²) in [6.07, 6.45) is 4.71. The number of carbonyl (C=O) groups excluding carboxylic acids is 1. The number of hydrogen-bond acceptors (Lipinski definition) is 5. The molecule has 1 aromatic rings. The van der Waals surface area contributed by atoms with Gasteiger partial charge in [0.15, 0.2) is 8.32 Å². The number of fused-ring (bicyclic) bond motifs is 2. The Labute approximate surface area is 175 Å². The van der Waals surface area contributed by atoms with E-state index in [0.717, 1.165) is 5.56 Å². The summed E-state index contributed by atoms with van der Waals surface area (Å²) >= 11 is 0. The van der Waals surface area contributed by atoms with Crippen LogP contribution in [0.4, 0.5) is 0 Å². The van der Waals surface area contributed by atoms with Gasteiger partial charge in [-0.2, -0.15) is 0 Å². The van der Waals surface area contributed by atoms with Crippen molar-refractivity contribution in [1.29, 1.82) is 0 Å². The largest absolute Gasteiger partial charge is 0.414 e. The maximum atomic E-state index is 12.5. The Balaban J connectivity index is 1.51. The Kier molecular flexibility index (Phi) is 6.51. The molecule has 2 aliphatic heterocycles. The van der Waals surface area contributed by atoms with E-state index in [1.165, 1.54) is 0 Å². The number of carbonyl (C=O) groups is 1. The molecule has 2 heterocycles. The van der Waals surface area contributed by atoms with Crippen LogP contribution in [0.2, 0.25) is 18.1 Å². The minimum absolute atomic E-state index is 0.112. The molecule has 5 nitrogen and oxygen atoms in total. The van der Waals surface area contributed by atoms with Crippen molar-refractivity contribution in [2.75, 3.05) is 20.0 Å². The van der Waals surface area contributed by atoms with Gasteiger partial charge in [0.25, 0.3) is 0 Å². The third-order valence-electron chi connectivity index (χ3n) is 6.20. The van der Waals surface area contributed by atoms with Gasteiger partial charge >= 0.3 is 0 Å². The standard InChI is InChI=1S/C23H34O5Si/c1-21(2,3)29(4,5)27-17-23-12-11-22(28-23,13-20(24)14-23)16-26-18-25-15-19-9-7-6-8-10-19/h6-12H,13-18H2,1-5H3/t22-,23+/m1/s1. The number of rotatable bonds is 9. The first-order valence-corrected chi connectivity index (χ1v) is 13.2. The molecule has 0 unspecified atom stereocenters. The third-order valence-corrected chi connectivity index (χ3v) is 10.7. The van der Waals surface area contributed by atoms with E-state index in [4.69, 9.17) is 18.6 Å². The van der Waals surface area contributed by atoms with E-state index in [2.05, 4.69) is 33.9 Å². The maximum absolute atomic E-state index is 12.5. The van der Waals surface area contributed by atoms with Crippen LogP contribution < -0.4 is 0 Å². The zero-order valence-electron chi connectivity index (χ0n) is 18.3. The van der Waals surface area contributed by atoms with Crippen LogP contribution in [0.3, 0.4) is 0 Å². The molecule has 0 saturated carbocycles. The molecule has 0 spiro atoms. The zero-order valence-corrected chi connectivity index (χ0v) is 19.3. The van der Waals surface area contributed by atoms with Crippen LogP contribution in [0.5, 0.6) is 0 Å². The van der Waals surface area contributed by atoms with Crippen molar-refractivity contribution in [3.05, 3.63) is 48.0 Å². The Morgan fingerprint density at radius 1 is 1.00 bits per heavy atom. The zero-order chi connectivity index (χ0) is 21.2. The predicted octanol–water partition coefficient (Wildman–Crippen LogP) is 4.63. The Hall–Kier alpha value is -1.31. The van der Waals surface area contributed by atoms with Gasteiger partial charge in [-0.1, -0.05) is 63.3 Å². The molecular formula is C23H34O5Si. The van der Waals surface area contributed by atoms with Crippen molar-refractivity contribution < 1.29 is 23.4 Å². The van der Waals surface area contributed by atoms with E-state index < -0.39 is 19.5 Å². The highest BCUT2D eigenvalue weighted by Crippen LogP contribution is 2.44. The van der Waals surface area contributed by atoms with Crippen LogP contribution in [-0.4, -0.2) is 45.3 Å². The average molecular weight is 419 g/mol. The number of ketones is 1. The summed E-state index contributed by atoms with van der Waals surface area (Å²) in [6, 6.07) is 9.96. The molecule has 6 heteroatoms. The lowest BCUT2D eigenvalue weighted by atomic mass is 9.91. The van der Waals surface area contributed by atoms with Gasteiger partial charge in [0.05, 0.1) is 19.8 Å². The molecule has 29 heavy (non-hydrogen) atoms. The highest BCUT2D eigenvalue weighted by atomic mass is 28.4. The quantitative estimate of drug-likeness (QED) is 0.253. The number of benzene rings is 1. The Morgan fingerprint density at radius 2 is 1.62 bits per heavy atom. The smallest absolute Gasteiger partial charge is 0.192 e. The summed E-state index contributed by atoms with van der Waals surface area (Å²) in [4.78, 5) is 12.5. The molecular weight excluding hydrogens is 384 g/mol. The molecule has 2 bridgehead atoms. The van der Waals surface area contributed by atoms with E-state index >= 15 is 0 Å². The second kappa shape index (κ2) is 8.44. The van der Waals surface area contributed by atoms with Gasteiger partial charge in [-0.15, -0.1) is 0 Å². The number of Topliss-reactive ketones (excluding diaryl/α,β-unsaturated/α-hetero) is 1. The number of ether oxygens (including phenoxy) is 3. The van der Waals surface area contributed by atoms with Crippen molar-refractivity contribution >= 4 is 14.1 Å². The van der Waals surface area contributed by atoms with Crippen molar-refractivity contribution in [3.63, 3.8) is 0 Å². The van der Waals surface area contributed by atoms with E-state index in [0.29, 0.717) is 32.7 Å². The normalized spacial score (nSPS) is 26.9. The van der Waals surface area contributed by atoms with Crippen LogP contribution in [0, 0.1) is 0 Å². The van der Waals surface area contributed by atoms with Crippen molar-refractivity contribution in [1.82, 2.24) is 0 Å². The highest BCUT2D eigenvalue weighted by molar-refractivity contribution is 6.74. The van der Waals surface area contributed by atoms with Crippen LogP contribution >= 0.6 is 0 Å². The van der Waals surface area contributed by atoms with Crippen molar-refractivity contribution in [2.45, 2.75) is 69.6 Å². The molecule has 2 atom stereocenters. The summed E-state index contributed by atoms with van der Waals surface area (Å²) in [5.74, 6) is 0.189. The molecule has 1 saturated heterocycles. The molecule has 0 aromatic heterocycles. The predicted molar refractivity (Wildman–Crippen MR) is 115 cm³/mol. The molecule has 1 fully saturated rings. The van der Waals surface area contributed by atoms with E-state index in [1.807, 2.05) is 42.5 Å². The fraction of sp³-hybridized carbons (Fsp3) is 0.609. The SMILES string of the molecule is CC(C)(C)[Si](C)(C)OC[C@]12C=C[C@](COCOCc3ccccc3)(CC(=O)C1)O2. The van der Waals surface area contributed by atoms with Gasteiger partial charge in [-0.25, -0.2) is 0 Å². The first-order chi connectivity index (χ1) is 13.6. The second-order valence-corrected chi connectivity index (χ2v) is 14.6. The molecule has 1 aromatic carbocycles. The first kappa shape index (κ1) is 22.4. The van der Waals surface area contributed by atoms with Crippen LogP contribution in [-0.2, 0) is 30.0 Å². The highest BCUT2D eigenvalue weighted by Gasteiger charge is 2.52. The van der Waals surface area contributed by atoms with Crippen LogP contribution in [0.1, 0.15) is 39.2 Å². The van der Waals surface area contributed by atoms with Crippen molar-refractivity contribution in [3.8, 4) is 0 Å². The average Bonchev–Trinajstić information content (AvgIpc) is 2.92. The van der Waals surface area contributed by atoms with Gasteiger partial charge < -0.3 is 18.6 Å². The van der Waals surface area contributed by atoms with Crippen molar-refractivity contribution in [2.24, 2.45) is 0 Å². The van der Waals surface area contributed by atoms with E-state index in [1.54, 1.807) is 0 Å². The van der Waals surface area contributed by atoms with Gasteiger partial charge in [0, 0.05) is 12.8 Å². The summed E-state index contributed by atoms with van der Waals surface area (Å²) < 4.78 is 24.1. The summed E-state index contributed by atoms with van der Waals surface area (Å²) in [5, 5.41) is 0.112. The minimum atomic E-state index is -1.92. The maximum Gasteiger partial charge on any atom is 0.192 e. The molecule has 3 rings (SSSR count). The van der Waals surface area contributed by atoms with E-state index in [9.17, 15) is 4.79 Å². The molecule has 0 amide bonds. The van der Waals surface area contributed by atoms with Gasteiger partial charge in [-0.3, -0.25) is 4.79 Å². The van der Waals surface area contributed by atoms with Gasteiger partial charge in [0.2, 0.25) is 0 Å². The molecule has 0 N–H and O–H groups in total. The second-order valence-electron chi connectivity index (χ2n) is 9.81. The fourth-order valence-corrected chi connectivity index (χ4v) is 4.52. The molecule has 0 radical (unpaired) electrons.